The van der Waals surface area contributed by atoms with Gasteiger partial charge in [-0.15, -0.1) is 0 Å². The Labute approximate surface area is 189 Å². The molecule has 1 saturated carbocycles. The molecule has 174 valence electrons. The summed E-state index contributed by atoms with van der Waals surface area (Å²) in [6.45, 7) is 1.88. The number of unbranched alkanes of at least 4 members (excludes halogenated alkanes) is 2. The molecule has 1 aliphatic rings. The van der Waals surface area contributed by atoms with Crippen LogP contribution in [0.15, 0.2) is 30.0 Å². The topological polar surface area (TPSA) is 177 Å². The van der Waals surface area contributed by atoms with Crippen LogP contribution in [0.25, 0.3) is 0 Å². The average Bonchev–Trinajstić information content (AvgIpc) is 3.19. The Balaban J connectivity index is 3.24. The van der Waals surface area contributed by atoms with Crippen LogP contribution in [0.1, 0.15) is 58.3 Å². The standard InChI is InChI=1S/C21H24N6O6/c1-20(26-15-32,18(24-13-30)5-3-2-4-8-22-11-28)10-19(25-14-31)21(27-16-33)7-6-17(9-21)23-12-29/h17-19H,2-10H2,1H3. The molecule has 0 aromatic rings. The molecule has 1 aliphatic carbocycles. The Hall–Kier alpha value is -3.72. The van der Waals surface area contributed by atoms with E-state index < -0.39 is 29.2 Å². The summed E-state index contributed by atoms with van der Waals surface area (Å²) in [5.41, 5.74) is -2.55. The molecule has 0 N–H and O–H groups in total. The third-order valence-corrected chi connectivity index (χ3v) is 5.98. The lowest BCUT2D eigenvalue weighted by atomic mass is 9.77. The molecule has 0 spiro atoms. The third kappa shape index (κ3) is 8.04. The molecule has 0 aromatic heterocycles. The summed E-state index contributed by atoms with van der Waals surface area (Å²) in [5, 5.41) is 0. The molecule has 0 bridgehead atoms. The molecule has 0 amide bonds. The van der Waals surface area contributed by atoms with E-state index in [4.69, 9.17) is 0 Å². The molecule has 0 radical (unpaired) electrons. The smallest absolute Gasteiger partial charge is 0.211 e. The third-order valence-electron chi connectivity index (χ3n) is 5.98. The van der Waals surface area contributed by atoms with Crippen molar-refractivity contribution in [2.45, 2.75) is 87.5 Å². The molecule has 12 nitrogen and oxygen atoms in total. The Bertz CT molecular complexity index is 964. The fourth-order valence-corrected chi connectivity index (χ4v) is 4.28. The van der Waals surface area contributed by atoms with Gasteiger partial charge in [0, 0.05) is 6.42 Å². The summed E-state index contributed by atoms with van der Waals surface area (Å²) in [6, 6.07) is -2.25. The molecular weight excluding hydrogens is 432 g/mol. The highest BCUT2D eigenvalue weighted by molar-refractivity contribution is 5.41. The van der Waals surface area contributed by atoms with E-state index in [1.807, 2.05) is 0 Å². The zero-order valence-corrected chi connectivity index (χ0v) is 18.2. The van der Waals surface area contributed by atoms with Crippen LogP contribution >= 0.6 is 0 Å². The first-order valence-electron chi connectivity index (χ1n) is 10.4. The maximum atomic E-state index is 11.2. The van der Waals surface area contributed by atoms with Crippen LogP contribution < -0.4 is 0 Å². The number of hydrogen-bond acceptors (Lipinski definition) is 12. The average molecular weight is 456 g/mol. The first kappa shape index (κ1) is 27.3. The van der Waals surface area contributed by atoms with Crippen molar-refractivity contribution in [2.24, 2.45) is 30.0 Å². The van der Waals surface area contributed by atoms with E-state index in [2.05, 4.69) is 30.0 Å². The Kier molecular flexibility index (Phi) is 11.9. The van der Waals surface area contributed by atoms with Crippen LogP contribution in [0.4, 0.5) is 0 Å². The second-order valence-electron chi connectivity index (χ2n) is 7.98. The van der Waals surface area contributed by atoms with Gasteiger partial charge in [0.25, 0.3) is 0 Å². The molecule has 0 saturated heterocycles. The molecule has 0 aliphatic heterocycles. The minimum Gasteiger partial charge on any atom is -0.211 e. The van der Waals surface area contributed by atoms with Gasteiger partial charge in [-0.25, -0.2) is 38.8 Å². The van der Waals surface area contributed by atoms with Crippen LogP contribution in [0, 0.1) is 0 Å². The van der Waals surface area contributed by atoms with E-state index >= 15 is 0 Å². The Morgan fingerprint density at radius 3 is 2.27 bits per heavy atom. The van der Waals surface area contributed by atoms with Gasteiger partial charge in [-0.1, -0.05) is 12.8 Å². The first-order valence-corrected chi connectivity index (χ1v) is 10.4. The van der Waals surface area contributed by atoms with Gasteiger partial charge in [-0.3, -0.25) is 0 Å². The van der Waals surface area contributed by atoms with E-state index in [0.29, 0.717) is 38.6 Å². The van der Waals surface area contributed by atoms with Gasteiger partial charge < -0.3 is 0 Å². The molecule has 5 unspecified atom stereocenters. The molecule has 1 rings (SSSR count). The number of nitrogens with zero attached hydrogens (tertiary/aromatic N) is 6. The van der Waals surface area contributed by atoms with E-state index in [1.165, 1.54) is 36.5 Å². The second kappa shape index (κ2) is 14.4. The molecule has 0 heterocycles. The molecule has 33 heavy (non-hydrogen) atoms. The minimum atomic E-state index is -1.33. The highest BCUT2D eigenvalue weighted by Crippen LogP contribution is 2.43. The van der Waals surface area contributed by atoms with E-state index in [1.54, 1.807) is 6.92 Å². The van der Waals surface area contributed by atoms with Gasteiger partial charge in [0.15, 0.2) is 0 Å². The second-order valence-corrected chi connectivity index (χ2v) is 7.98. The van der Waals surface area contributed by atoms with E-state index in [-0.39, 0.29) is 19.3 Å². The summed E-state index contributed by atoms with van der Waals surface area (Å²) in [7, 11) is 0. The van der Waals surface area contributed by atoms with Gasteiger partial charge in [0.2, 0.25) is 36.5 Å². The highest BCUT2D eigenvalue weighted by Gasteiger charge is 2.50. The predicted molar refractivity (Wildman–Crippen MR) is 113 cm³/mol. The lowest BCUT2D eigenvalue weighted by Crippen LogP contribution is -2.46. The summed E-state index contributed by atoms with van der Waals surface area (Å²) in [6.07, 6.45) is 11.8. The number of hydrogen-bond donors (Lipinski definition) is 0. The molecule has 12 heteroatoms. The van der Waals surface area contributed by atoms with Crippen LogP contribution in [0.3, 0.4) is 0 Å². The quantitative estimate of drug-likeness (QED) is 0.206. The number of isocyanates is 6. The van der Waals surface area contributed by atoms with Crippen molar-refractivity contribution in [3.05, 3.63) is 0 Å². The Morgan fingerprint density at radius 1 is 0.909 bits per heavy atom. The first-order chi connectivity index (χ1) is 15.9. The number of aliphatic imine (C=N–C) groups is 6. The zero-order chi connectivity index (χ0) is 24.6. The molecule has 1 fully saturated rings. The lowest BCUT2D eigenvalue weighted by molar-refractivity contribution is 0.249. The van der Waals surface area contributed by atoms with Crippen molar-refractivity contribution >= 4 is 36.5 Å². The van der Waals surface area contributed by atoms with Crippen molar-refractivity contribution in [1.82, 2.24) is 0 Å². The van der Waals surface area contributed by atoms with Gasteiger partial charge in [-0.2, -0.15) is 20.0 Å². The van der Waals surface area contributed by atoms with Crippen LogP contribution in [0.2, 0.25) is 0 Å². The number of carbonyl (C=O) groups excluding carboxylic acids is 6. The van der Waals surface area contributed by atoms with Gasteiger partial charge >= 0.3 is 0 Å². The largest absolute Gasteiger partial charge is 0.235 e. The van der Waals surface area contributed by atoms with Crippen molar-refractivity contribution < 1.29 is 28.8 Å². The van der Waals surface area contributed by atoms with Crippen LogP contribution in [-0.2, 0) is 28.8 Å². The van der Waals surface area contributed by atoms with Crippen molar-refractivity contribution in [3.8, 4) is 0 Å². The summed E-state index contributed by atoms with van der Waals surface area (Å²) < 4.78 is 0. The summed E-state index contributed by atoms with van der Waals surface area (Å²) >= 11 is 0. The maximum absolute atomic E-state index is 11.2. The monoisotopic (exact) mass is 456 g/mol. The SMILES string of the molecule is CC(CC(N=C=O)C1(N=C=O)CCC(N=C=O)C1)(N=C=O)C(CCCCCN=C=O)N=C=O. The van der Waals surface area contributed by atoms with Crippen LogP contribution in [-0.4, -0.2) is 72.2 Å². The molecule has 0 aromatic carbocycles. The minimum absolute atomic E-state index is 0.0918. The van der Waals surface area contributed by atoms with Crippen LogP contribution in [0.5, 0.6) is 0 Å². The predicted octanol–water partition coefficient (Wildman–Crippen LogP) is 1.74. The highest BCUT2D eigenvalue weighted by atomic mass is 16.1. The lowest BCUT2D eigenvalue weighted by Gasteiger charge is -2.36. The molecular formula is C21H24N6O6. The van der Waals surface area contributed by atoms with Crippen molar-refractivity contribution in [3.63, 3.8) is 0 Å². The van der Waals surface area contributed by atoms with Crippen molar-refractivity contribution in [2.75, 3.05) is 6.54 Å². The number of rotatable bonds is 15. The normalized spacial score (nSPS) is 22.3. The van der Waals surface area contributed by atoms with Gasteiger partial charge in [0.05, 0.1) is 35.7 Å². The molecule has 5 atom stereocenters. The fourth-order valence-electron chi connectivity index (χ4n) is 4.28. The maximum Gasteiger partial charge on any atom is 0.235 e. The van der Waals surface area contributed by atoms with Crippen molar-refractivity contribution in [1.29, 1.82) is 0 Å². The summed E-state index contributed by atoms with van der Waals surface area (Å²) in [4.78, 5) is 88.1. The van der Waals surface area contributed by atoms with Gasteiger partial charge in [-0.05, 0) is 39.0 Å². The van der Waals surface area contributed by atoms with E-state index in [0.717, 1.165) is 0 Å². The van der Waals surface area contributed by atoms with Gasteiger partial charge in [0.1, 0.15) is 0 Å². The zero-order valence-electron chi connectivity index (χ0n) is 18.2. The fraction of sp³-hybridized carbons (Fsp3) is 0.714. The summed E-state index contributed by atoms with van der Waals surface area (Å²) in [5.74, 6) is 0. The van der Waals surface area contributed by atoms with E-state index in [9.17, 15) is 28.8 Å². The Morgan fingerprint density at radius 2 is 1.67 bits per heavy atom.